The van der Waals surface area contributed by atoms with Crippen LogP contribution in [0.3, 0.4) is 0 Å². The molecule has 0 N–H and O–H groups in total. The Morgan fingerprint density at radius 2 is 1.76 bits per heavy atom. The summed E-state index contributed by atoms with van der Waals surface area (Å²) in [5.74, 6) is 0. The van der Waals surface area contributed by atoms with E-state index in [0.29, 0.717) is 6.42 Å². The highest BCUT2D eigenvalue weighted by Gasteiger charge is 2.00. The quantitative estimate of drug-likeness (QED) is 0.803. The van der Waals surface area contributed by atoms with E-state index in [1.807, 2.05) is 43.6 Å². The fourth-order valence-corrected chi connectivity index (χ4v) is 1.54. The highest BCUT2D eigenvalue weighted by molar-refractivity contribution is 5.53. The second kappa shape index (κ2) is 5.22. The van der Waals surface area contributed by atoms with Crippen LogP contribution in [-0.2, 0) is 6.42 Å². The van der Waals surface area contributed by atoms with Crippen LogP contribution in [0, 0.1) is 18.3 Å². The lowest BCUT2D eigenvalue weighted by molar-refractivity contribution is 0.996. The van der Waals surface area contributed by atoms with Crippen LogP contribution in [0.5, 0.6) is 0 Å². The third-order valence-electron chi connectivity index (χ3n) is 2.52. The van der Waals surface area contributed by atoms with Gasteiger partial charge in [0.15, 0.2) is 0 Å². The second-order valence-electron chi connectivity index (χ2n) is 3.93. The Balaban J connectivity index is 2.18. The van der Waals surface area contributed by atoms with Gasteiger partial charge in [-0.1, -0.05) is 12.1 Å². The molecule has 2 aromatic rings. The highest BCUT2D eigenvalue weighted by atomic mass is 14.8. The third-order valence-corrected chi connectivity index (χ3v) is 2.52. The van der Waals surface area contributed by atoms with E-state index in [4.69, 9.17) is 5.26 Å². The summed E-state index contributed by atoms with van der Waals surface area (Å²) in [7, 11) is 0. The fourth-order valence-electron chi connectivity index (χ4n) is 1.54. The molecule has 0 saturated carbocycles. The van der Waals surface area contributed by atoms with Gasteiger partial charge in [0.2, 0.25) is 0 Å². The molecule has 0 spiro atoms. The molecule has 2 rings (SSSR count). The predicted molar refractivity (Wildman–Crippen MR) is 66.1 cm³/mol. The van der Waals surface area contributed by atoms with Crippen molar-refractivity contribution in [1.29, 1.82) is 5.26 Å². The van der Waals surface area contributed by atoms with Gasteiger partial charge in [0.25, 0.3) is 0 Å². The van der Waals surface area contributed by atoms with Gasteiger partial charge in [0, 0.05) is 18.8 Å². The Bertz CT molecular complexity index is 521. The van der Waals surface area contributed by atoms with Crippen molar-refractivity contribution in [1.82, 2.24) is 9.97 Å². The molecular weight excluding hydrogens is 210 g/mol. The SMILES string of the molecule is Cc1ccc(-c2ccc(CCC#N)cn2)nc1. The van der Waals surface area contributed by atoms with Crippen LogP contribution in [0.25, 0.3) is 11.4 Å². The lowest BCUT2D eigenvalue weighted by Gasteiger charge is -2.02. The smallest absolute Gasteiger partial charge is 0.0886 e. The van der Waals surface area contributed by atoms with E-state index in [-0.39, 0.29) is 0 Å². The zero-order valence-electron chi connectivity index (χ0n) is 9.72. The molecule has 0 atom stereocenters. The molecule has 0 fully saturated rings. The Hall–Kier alpha value is -2.21. The van der Waals surface area contributed by atoms with Gasteiger partial charge in [-0.05, 0) is 36.6 Å². The molecule has 17 heavy (non-hydrogen) atoms. The van der Waals surface area contributed by atoms with E-state index in [2.05, 4.69) is 16.0 Å². The van der Waals surface area contributed by atoms with Gasteiger partial charge in [-0.25, -0.2) is 0 Å². The van der Waals surface area contributed by atoms with E-state index in [9.17, 15) is 0 Å². The van der Waals surface area contributed by atoms with Crippen molar-refractivity contribution >= 4 is 0 Å². The largest absolute Gasteiger partial charge is 0.254 e. The van der Waals surface area contributed by atoms with E-state index >= 15 is 0 Å². The predicted octanol–water partition coefficient (Wildman–Crippen LogP) is 2.91. The molecule has 0 aliphatic rings. The molecule has 0 saturated heterocycles. The van der Waals surface area contributed by atoms with Crippen molar-refractivity contribution in [2.75, 3.05) is 0 Å². The number of nitriles is 1. The van der Waals surface area contributed by atoms with Gasteiger partial charge in [0.1, 0.15) is 0 Å². The summed E-state index contributed by atoms with van der Waals surface area (Å²) in [4.78, 5) is 8.69. The first-order chi connectivity index (χ1) is 8.29. The van der Waals surface area contributed by atoms with E-state index < -0.39 is 0 Å². The van der Waals surface area contributed by atoms with E-state index in [0.717, 1.165) is 28.9 Å². The summed E-state index contributed by atoms with van der Waals surface area (Å²) < 4.78 is 0. The van der Waals surface area contributed by atoms with E-state index in [1.54, 1.807) is 0 Å². The van der Waals surface area contributed by atoms with Gasteiger partial charge in [-0.15, -0.1) is 0 Å². The molecule has 0 amide bonds. The van der Waals surface area contributed by atoms with Crippen molar-refractivity contribution in [3.63, 3.8) is 0 Å². The molecular formula is C14H13N3. The average Bonchev–Trinajstić information content (AvgIpc) is 2.38. The van der Waals surface area contributed by atoms with Gasteiger partial charge >= 0.3 is 0 Å². The van der Waals surface area contributed by atoms with Gasteiger partial charge in [-0.2, -0.15) is 5.26 Å². The summed E-state index contributed by atoms with van der Waals surface area (Å²) >= 11 is 0. The van der Waals surface area contributed by atoms with Crippen LogP contribution >= 0.6 is 0 Å². The number of hydrogen-bond donors (Lipinski definition) is 0. The van der Waals surface area contributed by atoms with Crippen molar-refractivity contribution in [3.05, 3.63) is 47.8 Å². The van der Waals surface area contributed by atoms with Crippen LogP contribution in [0.4, 0.5) is 0 Å². The lowest BCUT2D eigenvalue weighted by Crippen LogP contribution is -1.90. The molecule has 0 unspecified atom stereocenters. The topological polar surface area (TPSA) is 49.6 Å². The van der Waals surface area contributed by atoms with Gasteiger partial charge in [-0.3, -0.25) is 9.97 Å². The molecule has 2 aromatic heterocycles. The molecule has 0 aliphatic carbocycles. The minimum Gasteiger partial charge on any atom is -0.254 e. The molecule has 2 heterocycles. The van der Waals surface area contributed by atoms with Crippen molar-refractivity contribution in [3.8, 4) is 17.5 Å². The fraction of sp³-hybridized carbons (Fsp3) is 0.214. The summed E-state index contributed by atoms with van der Waals surface area (Å²) in [5.41, 5.74) is 3.97. The maximum absolute atomic E-state index is 8.51. The average molecular weight is 223 g/mol. The molecule has 0 aromatic carbocycles. The Kier molecular flexibility index (Phi) is 3.46. The van der Waals surface area contributed by atoms with Crippen molar-refractivity contribution < 1.29 is 0 Å². The molecule has 0 radical (unpaired) electrons. The summed E-state index contributed by atoms with van der Waals surface area (Å²) in [6.45, 7) is 2.01. The number of aromatic nitrogens is 2. The first kappa shape index (κ1) is 11.3. The van der Waals surface area contributed by atoms with Crippen molar-refractivity contribution in [2.24, 2.45) is 0 Å². The number of rotatable bonds is 3. The zero-order valence-corrected chi connectivity index (χ0v) is 9.72. The molecule has 3 nitrogen and oxygen atoms in total. The maximum atomic E-state index is 8.51. The Labute approximate surface area is 101 Å². The summed E-state index contributed by atoms with van der Waals surface area (Å²) in [5, 5.41) is 8.51. The molecule has 3 heteroatoms. The van der Waals surface area contributed by atoms with Crippen LogP contribution in [0.15, 0.2) is 36.7 Å². The van der Waals surface area contributed by atoms with Crippen LogP contribution in [0.1, 0.15) is 17.5 Å². The highest BCUT2D eigenvalue weighted by Crippen LogP contribution is 2.15. The van der Waals surface area contributed by atoms with E-state index in [1.165, 1.54) is 0 Å². The van der Waals surface area contributed by atoms with Gasteiger partial charge < -0.3 is 0 Å². The minimum absolute atomic E-state index is 0.532. The standard InChI is InChI=1S/C14H13N3/c1-11-4-6-13(16-9-11)14-7-5-12(10-17-14)3-2-8-15/h4-7,9-10H,2-3H2,1H3. The second-order valence-corrected chi connectivity index (χ2v) is 3.93. The molecule has 84 valence electrons. The summed E-state index contributed by atoms with van der Waals surface area (Å²) in [6.07, 6.45) is 4.93. The summed E-state index contributed by atoms with van der Waals surface area (Å²) in [6, 6.07) is 10.1. The number of nitrogens with zero attached hydrogens (tertiary/aromatic N) is 3. The van der Waals surface area contributed by atoms with Crippen LogP contribution in [-0.4, -0.2) is 9.97 Å². The molecule has 0 bridgehead atoms. The number of pyridine rings is 2. The Morgan fingerprint density at radius 1 is 1.06 bits per heavy atom. The van der Waals surface area contributed by atoms with Crippen LogP contribution in [0.2, 0.25) is 0 Å². The number of hydrogen-bond acceptors (Lipinski definition) is 3. The maximum Gasteiger partial charge on any atom is 0.0886 e. The Morgan fingerprint density at radius 3 is 2.29 bits per heavy atom. The molecule has 0 aliphatic heterocycles. The lowest BCUT2D eigenvalue weighted by atomic mass is 10.1. The normalized spacial score (nSPS) is 9.88. The first-order valence-corrected chi connectivity index (χ1v) is 5.54. The monoisotopic (exact) mass is 223 g/mol. The third kappa shape index (κ3) is 2.88. The minimum atomic E-state index is 0.532. The van der Waals surface area contributed by atoms with Crippen LogP contribution < -0.4 is 0 Å². The van der Waals surface area contributed by atoms with Gasteiger partial charge in [0.05, 0.1) is 17.5 Å². The van der Waals surface area contributed by atoms with Crippen molar-refractivity contribution in [2.45, 2.75) is 19.8 Å². The zero-order chi connectivity index (χ0) is 12.1. The first-order valence-electron chi connectivity index (χ1n) is 5.54. The number of aryl methyl sites for hydroxylation is 2.